The highest BCUT2D eigenvalue weighted by Gasteiger charge is 2.69. The number of rotatable bonds is 3. The maximum absolute atomic E-state index is 13.8. The Morgan fingerprint density at radius 3 is 2.51 bits per heavy atom. The molecule has 12 heteroatoms. The molecule has 4 aliphatic rings. The van der Waals surface area contributed by atoms with Gasteiger partial charge in [0.2, 0.25) is 11.8 Å². The first-order valence-electron chi connectivity index (χ1n) is 12.4. The molecule has 1 aromatic heterocycles. The number of hydrogen-bond donors (Lipinski definition) is 2. The average Bonchev–Trinajstić information content (AvgIpc) is 3.63. The lowest BCUT2D eigenvalue weighted by atomic mass is 9.68. The summed E-state index contributed by atoms with van der Waals surface area (Å²) in [6.45, 7) is 0. The van der Waals surface area contributed by atoms with E-state index >= 15 is 0 Å². The fourth-order valence-corrected chi connectivity index (χ4v) is 10.2. The Balaban J connectivity index is 1.31. The molecule has 0 radical (unpaired) electrons. The van der Waals surface area contributed by atoms with E-state index in [1.165, 1.54) is 37.1 Å². The van der Waals surface area contributed by atoms with E-state index in [4.69, 9.17) is 4.74 Å². The summed E-state index contributed by atoms with van der Waals surface area (Å²) in [4.78, 5) is 44.3. The lowest BCUT2D eigenvalue weighted by molar-refractivity contribution is -0.137. The predicted molar refractivity (Wildman–Crippen MR) is 137 cm³/mol. The van der Waals surface area contributed by atoms with Crippen LogP contribution in [0.2, 0.25) is 0 Å². The zero-order valence-corrected chi connectivity index (χ0v) is 21.9. The van der Waals surface area contributed by atoms with Crippen LogP contribution in [-0.2, 0) is 15.8 Å². The van der Waals surface area contributed by atoms with E-state index in [2.05, 4.69) is 4.98 Å². The minimum atomic E-state index is -4.60. The van der Waals surface area contributed by atoms with E-state index in [9.17, 15) is 32.7 Å². The summed E-state index contributed by atoms with van der Waals surface area (Å²) in [6.07, 6.45) is -3.95. The van der Waals surface area contributed by atoms with Crippen LogP contribution in [0.1, 0.15) is 28.3 Å². The monoisotopic (exact) mass is 574 g/mol. The van der Waals surface area contributed by atoms with E-state index < -0.39 is 35.4 Å². The molecule has 2 bridgehead atoms. The van der Waals surface area contributed by atoms with E-state index in [-0.39, 0.29) is 51.0 Å². The van der Waals surface area contributed by atoms with Gasteiger partial charge in [0, 0.05) is 16.0 Å². The number of carbonyl (C=O) groups excluding carboxylic acids is 2. The Morgan fingerprint density at radius 1 is 1.05 bits per heavy atom. The summed E-state index contributed by atoms with van der Waals surface area (Å²) in [7, 11) is 1.45. The summed E-state index contributed by atoms with van der Waals surface area (Å²) < 4.78 is 45.5. The molecule has 39 heavy (non-hydrogen) atoms. The highest BCUT2D eigenvalue weighted by Crippen LogP contribution is 2.68. The molecule has 2 amide bonds. The number of aromatic hydroxyl groups is 1. The number of amides is 2. The van der Waals surface area contributed by atoms with Gasteiger partial charge in [0.25, 0.3) is 0 Å². The molecule has 3 aromatic rings. The number of fused-ring (bicyclic) bond motifs is 9. The predicted octanol–water partition coefficient (Wildman–Crippen LogP) is 4.85. The van der Waals surface area contributed by atoms with Crippen LogP contribution in [0.5, 0.6) is 11.5 Å². The van der Waals surface area contributed by atoms with Gasteiger partial charge in [-0.1, -0.05) is 23.5 Å². The molecule has 202 valence electrons. The fourth-order valence-electron chi connectivity index (χ4n) is 7.35. The van der Waals surface area contributed by atoms with Crippen LogP contribution in [0.15, 0.2) is 52.3 Å². The molecule has 2 aliphatic heterocycles. The van der Waals surface area contributed by atoms with Crippen molar-refractivity contribution in [2.24, 2.45) is 29.6 Å². The number of imide groups is 1. The van der Waals surface area contributed by atoms with Crippen molar-refractivity contribution < 1.29 is 32.6 Å². The van der Waals surface area contributed by atoms with Crippen molar-refractivity contribution in [1.82, 2.24) is 4.98 Å². The first kappa shape index (κ1) is 24.8. The molecular formula is C27H21F3N2O5S2. The lowest BCUT2D eigenvalue weighted by Crippen LogP contribution is -2.42. The van der Waals surface area contributed by atoms with Crippen molar-refractivity contribution in [2.75, 3.05) is 12.0 Å². The number of alkyl halides is 3. The van der Waals surface area contributed by atoms with Gasteiger partial charge >= 0.3 is 11.0 Å². The van der Waals surface area contributed by atoms with Gasteiger partial charge in [0.15, 0.2) is 11.5 Å². The number of aromatic nitrogens is 1. The molecule has 3 heterocycles. The third-order valence-electron chi connectivity index (χ3n) is 8.72. The number of ether oxygens (including phenoxy) is 1. The Morgan fingerprint density at radius 2 is 1.79 bits per heavy atom. The molecule has 2 N–H and O–H groups in total. The van der Waals surface area contributed by atoms with Crippen molar-refractivity contribution in [1.29, 1.82) is 0 Å². The van der Waals surface area contributed by atoms with Crippen LogP contribution in [0, 0.1) is 29.6 Å². The fraction of sp³-hybridized carbons (Fsp3) is 0.370. The quantitative estimate of drug-likeness (QED) is 0.434. The number of thiazole rings is 1. The summed E-state index contributed by atoms with van der Waals surface area (Å²) in [5, 5.41) is 10.8. The number of hydrogen-bond acceptors (Lipinski definition) is 7. The van der Waals surface area contributed by atoms with Crippen LogP contribution in [0.25, 0.3) is 0 Å². The minimum absolute atomic E-state index is 0.0215. The van der Waals surface area contributed by atoms with E-state index in [1.54, 1.807) is 12.1 Å². The molecular weight excluding hydrogens is 553 g/mol. The first-order valence-corrected chi connectivity index (χ1v) is 14.1. The molecule has 2 aliphatic carbocycles. The Labute approximate surface area is 228 Å². The normalized spacial score (nSPS) is 30.9. The van der Waals surface area contributed by atoms with E-state index in [0.717, 1.165) is 43.8 Å². The second kappa shape index (κ2) is 8.37. The molecule has 0 spiro atoms. The highest BCUT2D eigenvalue weighted by molar-refractivity contribution is 8.00. The van der Waals surface area contributed by atoms with Gasteiger partial charge in [0.05, 0.1) is 35.2 Å². The number of phenols is 1. The number of carbonyl (C=O) groups is 2. The number of methoxy groups -OCH3 is 1. The van der Waals surface area contributed by atoms with E-state index in [0.29, 0.717) is 6.42 Å². The van der Waals surface area contributed by atoms with Gasteiger partial charge < -0.3 is 14.8 Å². The Hall–Kier alpha value is -3.25. The number of nitrogens with zero attached hydrogens (tertiary/aromatic N) is 1. The topological polar surface area (TPSA) is 99.7 Å². The largest absolute Gasteiger partial charge is 0.504 e. The molecule has 1 saturated heterocycles. The molecule has 3 fully saturated rings. The van der Waals surface area contributed by atoms with Gasteiger partial charge in [0.1, 0.15) is 0 Å². The lowest BCUT2D eigenvalue weighted by Gasteiger charge is -2.43. The molecule has 2 aromatic carbocycles. The SMILES string of the molecule is COc1cc([C@@H]2c3sc(=O)[nH]c3S[C@H]3[C@@H]4C[C@H]([C@H]5C(=O)N(c6cccc(C(F)(F)F)c6)C(=O)[C@H]45)[C@@H]23)ccc1O. The van der Waals surface area contributed by atoms with Crippen molar-refractivity contribution in [3.63, 3.8) is 0 Å². The summed E-state index contributed by atoms with van der Waals surface area (Å²) in [6, 6.07) is 9.40. The number of benzene rings is 2. The van der Waals surface area contributed by atoms with Crippen molar-refractivity contribution >= 4 is 40.6 Å². The number of halogens is 3. The zero-order chi connectivity index (χ0) is 27.4. The van der Waals surface area contributed by atoms with Crippen molar-refractivity contribution in [3.05, 3.63) is 68.1 Å². The van der Waals surface area contributed by atoms with Crippen LogP contribution in [0.3, 0.4) is 0 Å². The van der Waals surface area contributed by atoms with Gasteiger partial charge in [-0.25, -0.2) is 0 Å². The summed E-state index contributed by atoms with van der Waals surface area (Å²) in [5.41, 5.74) is -0.154. The smallest absolute Gasteiger partial charge is 0.416 e. The maximum Gasteiger partial charge on any atom is 0.416 e. The Kier molecular flexibility index (Phi) is 5.32. The first-order chi connectivity index (χ1) is 18.6. The second-order valence-corrected chi connectivity index (χ2v) is 12.7. The van der Waals surface area contributed by atoms with E-state index in [1.807, 2.05) is 0 Å². The molecule has 7 rings (SSSR count). The number of phenolic OH excluding ortho intramolecular Hbond substituents is 1. The third kappa shape index (κ3) is 3.46. The second-order valence-electron chi connectivity index (χ2n) is 10.5. The molecule has 7 nitrogen and oxygen atoms in total. The maximum atomic E-state index is 13.8. The number of thioether (sulfide) groups is 1. The van der Waals surface area contributed by atoms with Crippen molar-refractivity contribution in [2.45, 2.75) is 28.8 Å². The van der Waals surface area contributed by atoms with Gasteiger partial charge in [-0.15, -0.1) is 11.8 Å². The summed E-state index contributed by atoms with van der Waals surface area (Å²) >= 11 is 2.63. The zero-order valence-electron chi connectivity index (χ0n) is 20.3. The van der Waals surface area contributed by atoms with Crippen LogP contribution in [-0.4, -0.2) is 34.3 Å². The number of H-pyrrole nitrogens is 1. The number of anilines is 1. The minimum Gasteiger partial charge on any atom is -0.504 e. The van der Waals surface area contributed by atoms with Crippen LogP contribution >= 0.6 is 23.1 Å². The third-order valence-corrected chi connectivity index (χ3v) is 11.3. The average molecular weight is 575 g/mol. The molecule has 7 atom stereocenters. The molecule has 2 saturated carbocycles. The van der Waals surface area contributed by atoms with Gasteiger partial charge in [-0.2, -0.15) is 13.2 Å². The highest BCUT2D eigenvalue weighted by atomic mass is 32.2. The van der Waals surface area contributed by atoms with Crippen LogP contribution in [0.4, 0.5) is 18.9 Å². The van der Waals surface area contributed by atoms with Crippen LogP contribution < -0.4 is 14.5 Å². The molecule has 0 unspecified atom stereocenters. The van der Waals surface area contributed by atoms with Gasteiger partial charge in [-0.05, 0) is 60.1 Å². The number of nitrogens with one attached hydrogen (secondary N) is 1. The summed E-state index contributed by atoms with van der Waals surface area (Å²) in [5.74, 6) is -2.63. The number of aromatic amines is 1. The standard InChI is InChI=1S/C27H21F3N2O5S2/c1-37-16-7-10(5-6-15(16)33)17-18-13-9-14(21(18)38-23-22(17)39-26(36)31-23)20-19(13)24(34)32(25(20)35)12-4-2-3-11(8-12)27(28,29)30/h2-8,13-14,17-21,33H,9H2,1H3,(H,31,36)/t13-,14+,17-,18-,19+,20+,21-/m0/s1. The van der Waals surface area contributed by atoms with Crippen molar-refractivity contribution in [3.8, 4) is 11.5 Å². The van der Waals surface area contributed by atoms with Gasteiger partial charge in [-0.3, -0.25) is 19.3 Å². The Bertz CT molecular complexity index is 1600.